The quantitative estimate of drug-likeness (QED) is 0.643. The topological polar surface area (TPSA) is 126 Å². The van der Waals surface area contributed by atoms with Crippen molar-refractivity contribution in [2.45, 2.75) is 62.9 Å². The first-order valence-corrected chi connectivity index (χ1v) is 10.7. The number of hydrogen-bond acceptors (Lipinski definition) is 6. The van der Waals surface area contributed by atoms with E-state index in [0.717, 1.165) is 4.90 Å². The summed E-state index contributed by atoms with van der Waals surface area (Å²) in [6.45, 7) is 6.59. The van der Waals surface area contributed by atoms with Crippen LogP contribution in [0, 0.1) is 5.92 Å². The minimum Gasteiger partial charge on any atom is -0.467 e. The van der Waals surface area contributed by atoms with Crippen LogP contribution in [0.15, 0.2) is 22.8 Å². The number of carbonyl (C=O) groups is 3. The fourth-order valence-electron chi connectivity index (χ4n) is 3.72. The Bertz CT molecular complexity index is 890. The first kappa shape index (κ1) is 20.4. The second kappa shape index (κ2) is 6.91. The number of β-lactam (4-membered cyclic amide) rings is 1. The highest BCUT2D eigenvalue weighted by atomic mass is 32.2. The van der Waals surface area contributed by atoms with Crippen molar-refractivity contribution in [1.82, 2.24) is 15.5 Å². The Morgan fingerprint density at radius 3 is 2.57 bits per heavy atom. The van der Waals surface area contributed by atoms with Crippen LogP contribution < -0.4 is 10.6 Å². The van der Waals surface area contributed by atoms with Crippen LogP contribution in [0.3, 0.4) is 0 Å². The van der Waals surface area contributed by atoms with E-state index in [9.17, 15) is 22.8 Å². The van der Waals surface area contributed by atoms with Crippen molar-refractivity contribution >= 4 is 27.6 Å². The smallest absolute Gasteiger partial charge is 0.245 e. The molecule has 3 rings (SSSR count). The van der Waals surface area contributed by atoms with Crippen LogP contribution in [0.5, 0.6) is 0 Å². The van der Waals surface area contributed by atoms with Crippen LogP contribution in [0.1, 0.15) is 39.9 Å². The number of hydrogen-bond donors (Lipinski definition) is 2. The van der Waals surface area contributed by atoms with Crippen molar-refractivity contribution in [1.29, 1.82) is 0 Å². The number of amides is 3. The zero-order valence-electron chi connectivity index (χ0n) is 16.3. The fraction of sp³-hybridized carbons (Fsp3) is 0.611. The van der Waals surface area contributed by atoms with Gasteiger partial charge in [-0.05, 0) is 31.9 Å². The molecular formula is C18H25N3O6S. The zero-order chi connectivity index (χ0) is 20.9. The van der Waals surface area contributed by atoms with Gasteiger partial charge in [0.15, 0.2) is 9.84 Å². The second-order valence-electron chi connectivity index (χ2n) is 8.04. The van der Waals surface area contributed by atoms with Gasteiger partial charge in [0.05, 0.1) is 24.0 Å². The van der Waals surface area contributed by atoms with E-state index in [2.05, 4.69) is 10.6 Å². The number of nitrogens with zero attached hydrogens (tertiary/aromatic N) is 1. The molecule has 1 aromatic rings. The maximum absolute atomic E-state index is 13.0. The molecule has 9 nitrogen and oxygen atoms in total. The Kier molecular flexibility index (Phi) is 5.03. The lowest BCUT2D eigenvalue weighted by Gasteiger charge is -2.37. The molecule has 3 atom stereocenters. The van der Waals surface area contributed by atoms with Gasteiger partial charge in [0, 0.05) is 0 Å². The SMILES string of the molecule is CC(C)C(NC(=O)C1N2C(=O)CC2S(=O)(=O)C1(C)C)C(=O)NCc1ccco1. The van der Waals surface area contributed by atoms with E-state index in [4.69, 9.17) is 4.42 Å². The molecule has 2 aliphatic rings. The van der Waals surface area contributed by atoms with Crippen molar-refractivity contribution in [2.75, 3.05) is 0 Å². The Hall–Kier alpha value is -2.36. The first-order chi connectivity index (χ1) is 13.0. The van der Waals surface area contributed by atoms with E-state index in [1.165, 1.54) is 20.1 Å². The highest BCUT2D eigenvalue weighted by molar-refractivity contribution is 7.93. The summed E-state index contributed by atoms with van der Waals surface area (Å²) < 4.78 is 29.1. The highest BCUT2D eigenvalue weighted by Crippen LogP contribution is 2.45. The third-order valence-electron chi connectivity index (χ3n) is 5.49. The highest BCUT2D eigenvalue weighted by Gasteiger charge is 2.67. The molecule has 10 heteroatoms. The van der Waals surface area contributed by atoms with Crippen molar-refractivity contribution in [3.8, 4) is 0 Å². The molecular weight excluding hydrogens is 386 g/mol. The number of fused-ring (bicyclic) bond motifs is 1. The molecule has 0 aromatic carbocycles. The minimum absolute atomic E-state index is 0.104. The molecule has 0 aliphatic carbocycles. The van der Waals surface area contributed by atoms with E-state index in [1.807, 2.05) is 0 Å². The number of furan rings is 1. The van der Waals surface area contributed by atoms with Crippen LogP contribution >= 0.6 is 0 Å². The van der Waals surface area contributed by atoms with Crippen LogP contribution in [0.4, 0.5) is 0 Å². The summed E-state index contributed by atoms with van der Waals surface area (Å²) in [7, 11) is -3.68. The number of sulfone groups is 1. The van der Waals surface area contributed by atoms with Crippen molar-refractivity contribution in [2.24, 2.45) is 5.92 Å². The molecule has 2 aliphatic heterocycles. The third-order valence-corrected chi connectivity index (χ3v) is 8.29. The predicted molar refractivity (Wildman–Crippen MR) is 99.4 cm³/mol. The third kappa shape index (κ3) is 3.09. The number of nitrogens with one attached hydrogen (secondary N) is 2. The Morgan fingerprint density at radius 1 is 1.36 bits per heavy atom. The molecule has 3 heterocycles. The molecule has 0 spiro atoms. The summed E-state index contributed by atoms with van der Waals surface area (Å²) in [6, 6.07) is 1.37. The van der Waals surface area contributed by atoms with Crippen LogP contribution in [0.25, 0.3) is 0 Å². The molecule has 154 valence electrons. The van der Waals surface area contributed by atoms with Gasteiger partial charge in [0.25, 0.3) is 0 Å². The van der Waals surface area contributed by atoms with Gasteiger partial charge in [-0.25, -0.2) is 8.42 Å². The molecule has 3 amide bonds. The van der Waals surface area contributed by atoms with Gasteiger partial charge in [-0.2, -0.15) is 0 Å². The van der Waals surface area contributed by atoms with Crippen LogP contribution in [-0.4, -0.2) is 53.2 Å². The first-order valence-electron chi connectivity index (χ1n) is 9.13. The van der Waals surface area contributed by atoms with Crippen molar-refractivity contribution in [3.05, 3.63) is 24.2 Å². The van der Waals surface area contributed by atoms with E-state index >= 15 is 0 Å². The Labute approximate surface area is 163 Å². The monoisotopic (exact) mass is 411 g/mol. The van der Waals surface area contributed by atoms with E-state index in [0.29, 0.717) is 5.76 Å². The lowest BCUT2D eigenvalue weighted by molar-refractivity contribution is -0.150. The minimum atomic E-state index is -3.68. The Morgan fingerprint density at radius 2 is 2.04 bits per heavy atom. The summed E-state index contributed by atoms with van der Waals surface area (Å²) in [5.41, 5.74) is 0. The van der Waals surface area contributed by atoms with Crippen LogP contribution in [0.2, 0.25) is 0 Å². The predicted octanol–water partition coefficient (Wildman–Crippen LogP) is 0.171. The molecule has 2 fully saturated rings. The van der Waals surface area contributed by atoms with Crippen LogP contribution in [-0.2, 0) is 30.8 Å². The van der Waals surface area contributed by atoms with Gasteiger partial charge in [-0.15, -0.1) is 0 Å². The lowest BCUT2D eigenvalue weighted by Crippen LogP contribution is -2.62. The summed E-state index contributed by atoms with van der Waals surface area (Å²) in [5.74, 6) is -1.10. The maximum Gasteiger partial charge on any atom is 0.245 e. The summed E-state index contributed by atoms with van der Waals surface area (Å²) in [6.07, 6.45) is 1.39. The van der Waals surface area contributed by atoms with Gasteiger partial charge < -0.3 is 20.0 Å². The summed E-state index contributed by atoms with van der Waals surface area (Å²) in [4.78, 5) is 38.7. The van der Waals surface area contributed by atoms with Gasteiger partial charge in [0.1, 0.15) is 23.2 Å². The standard InChI is InChI=1S/C18H25N3O6S/c1-10(2)14(16(23)19-9-11-6-5-7-27-11)20-17(24)15-18(3,4)28(25,26)13-8-12(22)21(13)15/h5-7,10,13-15H,8-9H2,1-4H3,(H,19,23)(H,20,24). The zero-order valence-corrected chi connectivity index (χ0v) is 17.1. The second-order valence-corrected chi connectivity index (χ2v) is 10.7. The van der Waals surface area contributed by atoms with Gasteiger partial charge in [-0.3, -0.25) is 14.4 Å². The average molecular weight is 411 g/mol. The van der Waals surface area contributed by atoms with Gasteiger partial charge in [0.2, 0.25) is 17.7 Å². The molecule has 3 unspecified atom stereocenters. The molecule has 2 saturated heterocycles. The number of carbonyl (C=O) groups excluding carboxylic acids is 3. The average Bonchev–Trinajstić information content (AvgIpc) is 3.15. The van der Waals surface area contributed by atoms with Crippen molar-refractivity contribution < 1.29 is 27.2 Å². The van der Waals surface area contributed by atoms with Gasteiger partial charge >= 0.3 is 0 Å². The lowest BCUT2D eigenvalue weighted by atomic mass is 9.95. The fourth-order valence-corrected chi connectivity index (χ4v) is 5.85. The normalized spacial score (nSPS) is 25.8. The van der Waals surface area contributed by atoms with E-state index in [-0.39, 0.29) is 24.8 Å². The molecule has 1 aromatic heterocycles. The van der Waals surface area contributed by atoms with Gasteiger partial charge in [-0.1, -0.05) is 13.8 Å². The molecule has 28 heavy (non-hydrogen) atoms. The maximum atomic E-state index is 13.0. The molecule has 0 saturated carbocycles. The largest absolute Gasteiger partial charge is 0.467 e. The van der Waals surface area contributed by atoms with E-state index in [1.54, 1.807) is 26.0 Å². The van der Waals surface area contributed by atoms with Crippen molar-refractivity contribution in [3.63, 3.8) is 0 Å². The Balaban J connectivity index is 1.75. The van der Waals surface area contributed by atoms with E-state index < -0.39 is 43.9 Å². The molecule has 2 N–H and O–H groups in total. The summed E-state index contributed by atoms with van der Waals surface area (Å²) >= 11 is 0. The molecule has 0 radical (unpaired) electrons. The molecule has 0 bridgehead atoms. The summed E-state index contributed by atoms with van der Waals surface area (Å²) in [5, 5.41) is 4.38. The number of rotatable bonds is 6.